The molecule has 0 aliphatic carbocycles. The van der Waals surface area contributed by atoms with Crippen LogP contribution in [-0.2, 0) is 23.1 Å². The number of esters is 1. The van der Waals surface area contributed by atoms with Crippen LogP contribution in [0.1, 0.15) is 12.7 Å². The van der Waals surface area contributed by atoms with Gasteiger partial charge in [0.25, 0.3) is 0 Å². The summed E-state index contributed by atoms with van der Waals surface area (Å²) in [6, 6.07) is 7.61. The molecule has 5 heteroatoms. The van der Waals surface area contributed by atoms with E-state index >= 15 is 0 Å². The van der Waals surface area contributed by atoms with Gasteiger partial charge >= 0.3 is 5.97 Å². The van der Waals surface area contributed by atoms with Gasteiger partial charge in [0.2, 0.25) is 0 Å². The Bertz CT molecular complexity index is 562. The number of aromatic nitrogens is 2. The van der Waals surface area contributed by atoms with Crippen molar-refractivity contribution in [3.63, 3.8) is 0 Å². The van der Waals surface area contributed by atoms with Gasteiger partial charge in [-0.05, 0) is 19.1 Å². The van der Waals surface area contributed by atoms with Crippen molar-refractivity contribution in [3.8, 4) is 0 Å². The third-order valence-electron chi connectivity index (χ3n) is 3.00. The number of hydrogen-bond acceptors (Lipinski definition) is 4. The number of imidazole rings is 1. The highest BCUT2D eigenvalue weighted by Gasteiger charge is 2.14. The summed E-state index contributed by atoms with van der Waals surface area (Å²) in [6.07, 6.45) is 0. The summed E-state index contributed by atoms with van der Waals surface area (Å²) < 4.78 is 6.68. The molecule has 0 aliphatic rings. The van der Waals surface area contributed by atoms with Crippen molar-refractivity contribution in [2.24, 2.45) is 7.05 Å². The molecule has 0 spiro atoms. The minimum atomic E-state index is -0.338. The zero-order valence-corrected chi connectivity index (χ0v) is 10.8. The first-order chi connectivity index (χ1) is 8.63. The molecule has 2 aromatic rings. The van der Waals surface area contributed by atoms with Gasteiger partial charge in [-0.2, -0.15) is 0 Å². The number of nitrogens with one attached hydrogen (secondary N) is 1. The molecule has 0 bridgehead atoms. The van der Waals surface area contributed by atoms with Crippen LogP contribution < -0.4 is 5.32 Å². The van der Waals surface area contributed by atoms with Crippen molar-refractivity contribution in [2.75, 3.05) is 7.11 Å². The highest BCUT2D eigenvalue weighted by molar-refractivity contribution is 5.76. The quantitative estimate of drug-likeness (QED) is 0.825. The zero-order valence-electron chi connectivity index (χ0n) is 10.8. The van der Waals surface area contributed by atoms with Gasteiger partial charge in [0.1, 0.15) is 11.9 Å². The Balaban J connectivity index is 2.13. The number of benzene rings is 1. The fraction of sp³-hybridized carbons (Fsp3) is 0.385. The van der Waals surface area contributed by atoms with Crippen molar-refractivity contribution in [3.05, 3.63) is 30.1 Å². The maximum atomic E-state index is 11.3. The molecular formula is C13H17N3O2. The molecule has 1 aromatic carbocycles. The van der Waals surface area contributed by atoms with Gasteiger partial charge in [-0.15, -0.1) is 0 Å². The second-order valence-electron chi connectivity index (χ2n) is 4.20. The second-order valence-corrected chi connectivity index (χ2v) is 4.20. The van der Waals surface area contributed by atoms with Gasteiger partial charge < -0.3 is 9.30 Å². The van der Waals surface area contributed by atoms with E-state index in [0.717, 1.165) is 16.9 Å². The predicted octanol–water partition coefficient (Wildman–Crippen LogP) is 1.22. The van der Waals surface area contributed by atoms with Crippen LogP contribution in [0, 0.1) is 0 Å². The Morgan fingerprint density at radius 3 is 2.89 bits per heavy atom. The first kappa shape index (κ1) is 12.6. The van der Waals surface area contributed by atoms with Crippen LogP contribution in [0.5, 0.6) is 0 Å². The maximum Gasteiger partial charge on any atom is 0.322 e. The monoisotopic (exact) mass is 247 g/mol. The third-order valence-corrected chi connectivity index (χ3v) is 3.00. The summed E-state index contributed by atoms with van der Waals surface area (Å²) in [7, 11) is 3.35. The summed E-state index contributed by atoms with van der Waals surface area (Å²) >= 11 is 0. The number of rotatable bonds is 4. The average Bonchev–Trinajstić information content (AvgIpc) is 2.72. The molecule has 1 aromatic heterocycles. The highest BCUT2D eigenvalue weighted by atomic mass is 16.5. The van der Waals surface area contributed by atoms with Crippen molar-refractivity contribution >= 4 is 17.0 Å². The number of carbonyl (C=O) groups excluding carboxylic acids is 1. The average molecular weight is 247 g/mol. The number of hydrogen-bond donors (Lipinski definition) is 1. The molecule has 0 saturated heterocycles. The van der Waals surface area contributed by atoms with E-state index in [1.165, 1.54) is 7.11 Å². The second kappa shape index (κ2) is 5.18. The van der Waals surface area contributed by atoms with Gasteiger partial charge in [0.15, 0.2) is 0 Å². The lowest BCUT2D eigenvalue weighted by Gasteiger charge is -2.11. The smallest absolute Gasteiger partial charge is 0.322 e. The Kier molecular flexibility index (Phi) is 3.62. The lowest BCUT2D eigenvalue weighted by molar-refractivity contribution is -0.142. The summed E-state index contributed by atoms with van der Waals surface area (Å²) in [5.41, 5.74) is 2.04. The van der Waals surface area contributed by atoms with E-state index < -0.39 is 0 Å². The molecule has 0 unspecified atom stereocenters. The van der Waals surface area contributed by atoms with Gasteiger partial charge in [-0.1, -0.05) is 12.1 Å². The van der Waals surface area contributed by atoms with Gasteiger partial charge in [-0.25, -0.2) is 4.98 Å². The van der Waals surface area contributed by atoms with E-state index in [1.807, 2.05) is 35.9 Å². The van der Waals surface area contributed by atoms with E-state index in [-0.39, 0.29) is 12.0 Å². The fourth-order valence-electron chi connectivity index (χ4n) is 1.86. The molecule has 18 heavy (non-hydrogen) atoms. The molecule has 5 nitrogen and oxygen atoms in total. The highest BCUT2D eigenvalue weighted by Crippen LogP contribution is 2.13. The van der Waals surface area contributed by atoms with Crippen LogP contribution in [0.3, 0.4) is 0 Å². The van der Waals surface area contributed by atoms with E-state index in [1.54, 1.807) is 6.92 Å². The van der Waals surface area contributed by atoms with Crippen LogP contribution in [0.4, 0.5) is 0 Å². The number of methoxy groups -OCH3 is 1. The van der Waals surface area contributed by atoms with E-state index in [9.17, 15) is 4.79 Å². The predicted molar refractivity (Wildman–Crippen MR) is 69.0 cm³/mol. The molecule has 1 atom stereocenters. The standard InChI is InChI=1S/C13H17N3O2/c1-9(13(17)18-3)14-8-12-15-10-6-4-5-7-11(10)16(12)2/h4-7,9,14H,8H2,1-3H3/t9-/m0/s1. The summed E-state index contributed by atoms with van der Waals surface area (Å²) in [4.78, 5) is 15.8. The van der Waals surface area contributed by atoms with Crippen molar-refractivity contribution < 1.29 is 9.53 Å². The Labute approximate surface area is 106 Å². The van der Waals surface area contributed by atoms with E-state index in [0.29, 0.717) is 6.54 Å². The minimum Gasteiger partial charge on any atom is -0.468 e. The number of aryl methyl sites for hydroxylation is 1. The number of ether oxygens (including phenoxy) is 1. The molecule has 2 rings (SSSR count). The molecule has 96 valence electrons. The number of carbonyl (C=O) groups is 1. The molecule has 0 radical (unpaired) electrons. The molecule has 0 saturated carbocycles. The largest absolute Gasteiger partial charge is 0.468 e. The molecule has 0 amide bonds. The summed E-state index contributed by atoms with van der Waals surface area (Å²) in [5.74, 6) is 0.626. The Hall–Kier alpha value is -1.88. The Morgan fingerprint density at radius 2 is 2.22 bits per heavy atom. The van der Waals surface area contributed by atoms with Crippen LogP contribution in [0.2, 0.25) is 0 Å². The van der Waals surface area contributed by atoms with Crippen LogP contribution >= 0.6 is 0 Å². The van der Waals surface area contributed by atoms with E-state index in [4.69, 9.17) is 0 Å². The normalized spacial score (nSPS) is 12.6. The van der Waals surface area contributed by atoms with Crippen molar-refractivity contribution in [1.82, 2.24) is 14.9 Å². The van der Waals surface area contributed by atoms with Crippen molar-refractivity contribution in [1.29, 1.82) is 0 Å². The molecule has 1 N–H and O–H groups in total. The van der Waals surface area contributed by atoms with Crippen molar-refractivity contribution in [2.45, 2.75) is 19.5 Å². The first-order valence-corrected chi connectivity index (χ1v) is 5.85. The molecule has 0 aliphatic heterocycles. The van der Waals surface area contributed by atoms with E-state index in [2.05, 4.69) is 15.0 Å². The number of nitrogens with zero attached hydrogens (tertiary/aromatic N) is 2. The minimum absolute atomic E-state index is 0.270. The lowest BCUT2D eigenvalue weighted by Crippen LogP contribution is -2.34. The number of para-hydroxylation sites is 2. The van der Waals surface area contributed by atoms with Crippen LogP contribution in [0.15, 0.2) is 24.3 Å². The third kappa shape index (κ3) is 2.36. The van der Waals surface area contributed by atoms with Crippen LogP contribution in [-0.4, -0.2) is 28.7 Å². The topological polar surface area (TPSA) is 56.1 Å². The van der Waals surface area contributed by atoms with Gasteiger partial charge in [0.05, 0.1) is 24.7 Å². The molecule has 1 heterocycles. The molecule has 0 fully saturated rings. The SMILES string of the molecule is COC(=O)[C@H](C)NCc1nc2ccccc2n1C. The molecular weight excluding hydrogens is 230 g/mol. The maximum absolute atomic E-state index is 11.3. The van der Waals surface area contributed by atoms with Gasteiger partial charge in [-0.3, -0.25) is 10.1 Å². The lowest BCUT2D eigenvalue weighted by atomic mass is 10.3. The Morgan fingerprint density at radius 1 is 1.50 bits per heavy atom. The summed E-state index contributed by atoms with van der Waals surface area (Å²) in [5, 5.41) is 3.09. The summed E-state index contributed by atoms with van der Waals surface area (Å²) in [6.45, 7) is 2.30. The fourth-order valence-corrected chi connectivity index (χ4v) is 1.86. The van der Waals surface area contributed by atoms with Gasteiger partial charge in [0, 0.05) is 7.05 Å². The zero-order chi connectivity index (χ0) is 13.1. The van der Waals surface area contributed by atoms with Crippen LogP contribution in [0.25, 0.3) is 11.0 Å². The number of fused-ring (bicyclic) bond motifs is 1. The first-order valence-electron chi connectivity index (χ1n) is 5.85.